The van der Waals surface area contributed by atoms with Crippen molar-refractivity contribution >= 4 is 5.82 Å². The Hall–Kier alpha value is -3.47. The molecule has 2 heterocycles. The van der Waals surface area contributed by atoms with E-state index in [0.717, 1.165) is 12.1 Å². The molecule has 5 nitrogen and oxygen atoms in total. The SMILES string of the molecule is CNc1nc(-c2ccncc2)nc(-c2cccc(C(F)(F)F)c2)c1C#N. The normalized spacial score (nSPS) is 11.0. The summed E-state index contributed by atoms with van der Waals surface area (Å²) in [7, 11) is 1.58. The summed E-state index contributed by atoms with van der Waals surface area (Å²) in [5.74, 6) is 0.518. The molecule has 0 atom stereocenters. The van der Waals surface area contributed by atoms with E-state index in [9.17, 15) is 18.4 Å². The van der Waals surface area contributed by atoms with Crippen LogP contribution in [-0.2, 0) is 6.18 Å². The Labute approximate surface area is 147 Å². The second-order valence-corrected chi connectivity index (χ2v) is 5.30. The molecular weight excluding hydrogens is 343 g/mol. The molecule has 26 heavy (non-hydrogen) atoms. The van der Waals surface area contributed by atoms with E-state index < -0.39 is 11.7 Å². The molecule has 1 aromatic carbocycles. The Morgan fingerprint density at radius 2 is 1.77 bits per heavy atom. The van der Waals surface area contributed by atoms with Crippen LogP contribution in [0.4, 0.5) is 19.0 Å². The van der Waals surface area contributed by atoms with Gasteiger partial charge in [0.2, 0.25) is 0 Å². The van der Waals surface area contributed by atoms with Crippen molar-refractivity contribution in [1.82, 2.24) is 15.0 Å². The van der Waals surface area contributed by atoms with Crippen LogP contribution in [0.5, 0.6) is 0 Å². The lowest BCUT2D eigenvalue weighted by atomic mass is 10.0. The van der Waals surface area contributed by atoms with Crippen LogP contribution in [0.2, 0.25) is 0 Å². The summed E-state index contributed by atoms with van der Waals surface area (Å²) in [5, 5.41) is 12.3. The first-order valence-electron chi connectivity index (χ1n) is 7.52. The van der Waals surface area contributed by atoms with E-state index >= 15 is 0 Å². The highest BCUT2D eigenvalue weighted by Crippen LogP contribution is 2.34. The number of nitriles is 1. The van der Waals surface area contributed by atoms with Crippen molar-refractivity contribution in [2.75, 3.05) is 12.4 Å². The Balaban J connectivity index is 2.25. The van der Waals surface area contributed by atoms with E-state index in [0.29, 0.717) is 5.56 Å². The van der Waals surface area contributed by atoms with Crippen molar-refractivity contribution < 1.29 is 13.2 Å². The molecule has 0 aliphatic heterocycles. The fraction of sp³-hybridized carbons (Fsp3) is 0.111. The number of nitrogens with zero attached hydrogens (tertiary/aromatic N) is 4. The molecule has 0 fully saturated rings. The highest BCUT2D eigenvalue weighted by atomic mass is 19.4. The van der Waals surface area contributed by atoms with E-state index in [4.69, 9.17) is 0 Å². The molecule has 0 spiro atoms. The Kier molecular flexibility index (Phi) is 4.54. The lowest BCUT2D eigenvalue weighted by Gasteiger charge is -2.13. The van der Waals surface area contributed by atoms with Crippen molar-refractivity contribution in [3.8, 4) is 28.7 Å². The summed E-state index contributed by atoms with van der Waals surface area (Å²) < 4.78 is 39.1. The van der Waals surface area contributed by atoms with Crippen molar-refractivity contribution in [3.63, 3.8) is 0 Å². The quantitative estimate of drug-likeness (QED) is 0.764. The van der Waals surface area contributed by atoms with Gasteiger partial charge in [0.1, 0.15) is 17.5 Å². The molecule has 1 N–H and O–H groups in total. The Morgan fingerprint density at radius 3 is 2.38 bits per heavy atom. The number of hydrogen-bond donors (Lipinski definition) is 1. The zero-order valence-corrected chi connectivity index (χ0v) is 13.5. The van der Waals surface area contributed by atoms with Crippen LogP contribution in [-0.4, -0.2) is 22.0 Å². The van der Waals surface area contributed by atoms with Crippen LogP contribution in [0.3, 0.4) is 0 Å². The van der Waals surface area contributed by atoms with Gasteiger partial charge in [-0.2, -0.15) is 18.4 Å². The number of alkyl halides is 3. The van der Waals surface area contributed by atoms with Gasteiger partial charge in [-0.25, -0.2) is 9.97 Å². The molecule has 2 aromatic heterocycles. The van der Waals surface area contributed by atoms with Crippen LogP contribution in [0.1, 0.15) is 11.1 Å². The third-order valence-electron chi connectivity index (χ3n) is 3.66. The molecule has 0 radical (unpaired) electrons. The minimum absolute atomic E-state index is 0.0737. The summed E-state index contributed by atoms with van der Waals surface area (Å²) in [6.45, 7) is 0. The Morgan fingerprint density at radius 1 is 1.04 bits per heavy atom. The number of rotatable bonds is 3. The maximum atomic E-state index is 13.0. The van der Waals surface area contributed by atoms with Crippen molar-refractivity contribution in [1.29, 1.82) is 5.26 Å². The van der Waals surface area contributed by atoms with E-state index in [-0.39, 0.29) is 28.5 Å². The van der Waals surface area contributed by atoms with Gasteiger partial charge < -0.3 is 5.32 Å². The summed E-state index contributed by atoms with van der Waals surface area (Å²) in [6.07, 6.45) is -1.38. The van der Waals surface area contributed by atoms with Crippen LogP contribution < -0.4 is 5.32 Å². The number of aromatic nitrogens is 3. The summed E-state index contributed by atoms with van der Waals surface area (Å²) in [6, 6.07) is 10.0. The van der Waals surface area contributed by atoms with Crippen molar-refractivity contribution in [3.05, 3.63) is 59.9 Å². The zero-order valence-electron chi connectivity index (χ0n) is 13.5. The average molecular weight is 355 g/mol. The van der Waals surface area contributed by atoms with Gasteiger partial charge in [-0.15, -0.1) is 0 Å². The lowest BCUT2D eigenvalue weighted by molar-refractivity contribution is -0.137. The molecule has 3 aromatic rings. The number of hydrogen-bond acceptors (Lipinski definition) is 5. The van der Waals surface area contributed by atoms with Crippen LogP contribution >= 0.6 is 0 Å². The average Bonchev–Trinajstić information content (AvgIpc) is 2.67. The first kappa shape index (κ1) is 17.4. The van der Waals surface area contributed by atoms with Gasteiger partial charge in [-0.05, 0) is 24.3 Å². The second-order valence-electron chi connectivity index (χ2n) is 5.30. The highest BCUT2D eigenvalue weighted by Gasteiger charge is 2.31. The van der Waals surface area contributed by atoms with Crippen LogP contribution in [0.15, 0.2) is 48.8 Å². The van der Waals surface area contributed by atoms with Gasteiger partial charge in [0.25, 0.3) is 0 Å². The molecular formula is C18H12F3N5. The molecule has 0 aliphatic rings. The van der Waals surface area contributed by atoms with Gasteiger partial charge in [0, 0.05) is 30.6 Å². The smallest absolute Gasteiger partial charge is 0.372 e. The summed E-state index contributed by atoms with van der Waals surface area (Å²) in [5.41, 5.74) is 0.211. The van der Waals surface area contributed by atoms with Gasteiger partial charge in [0.15, 0.2) is 5.82 Å². The Bertz CT molecular complexity index is 978. The largest absolute Gasteiger partial charge is 0.416 e. The van der Waals surface area contributed by atoms with Gasteiger partial charge in [-0.1, -0.05) is 12.1 Å². The topological polar surface area (TPSA) is 74.5 Å². The number of nitrogens with one attached hydrogen (secondary N) is 1. The third-order valence-corrected chi connectivity index (χ3v) is 3.66. The monoisotopic (exact) mass is 355 g/mol. The van der Waals surface area contributed by atoms with Gasteiger partial charge in [-0.3, -0.25) is 4.98 Å². The van der Waals surface area contributed by atoms with E-state index in [1.165, 1.54) is 12.1 Å². The first-order chi connectivity index (χ1) is 12.4. The maximum Gasteiger partial charge on any atom is 0.416 e. The van der Waals surface area contributed by atoms with Crippen LogP contribution in [0.25, 0.3) is 22.6 Å². The molecule has 0 saturated carbocycles. The third kappa shape index (κ3) is 3.32. The van der Waals surface area contributed by atoms with Gasteiger partial charge in [0.05, 0.1) is 11.3 Å². The molecule has 0 saturated heterocycles. The number of halogens is 3. The second kappa shape index (κ2) is 6.80. The molecule has 0 bridgehead atoms. The predicted molar refractivity (Wildman–Crippen MR) is 90.0 cm³/mol. The van der Waals surface area contributed by atoms with E-state index in [1.54, 1.807) is 31.6 Å². The minimum Gasteiger partial charge on any atom is -0.372 e. The minimum atomic E-state index is -4.49. The molecule has 8 heteroatoms. The fourth-order valence-corrected chi connectivity index (χ4v) is 2.43. The summed E-state index contributed by atoms with van der Waals surface area (Å²) >= 11 is 0. The van der Waals surface area contributed by atoms with Crippen LogP contribution in [0, 0.1) is 11.3 Å². The van der Waals surface area contributed by atoms with E-state index in [2.05, 4.69) is 20.3 Å². The van der Waals surface area contributed by atoms with Crippen molar-refractivity contribution in [2.45, 2.75) is 6.18 Å². The summed E-state index contributed by atoms with van der Waals surface area (Å²) in [4.78, 5) is 12.6. The standard InChI is InChI=1S/C18H12F3N5/c1-23-17-14(10-22)15(12-3-2-4-13(9-12)18(19,20)21)25-16(26-17)11-5-7-24-8-6-11/h2-9H,1H3,(H,23,25,26). The zero-order chi connectivity index (χ0) is 18.7. The van der Waals surface area contributed by atoms with Crippen molar-refractivity contribution in [2.24, 2.45) is 0 Å². The number of anilines is 1. The lowest BCUT2D eigenvalue weighted by Crippen LogP contribution is -2.06. The van der Waals surface area contributed by atoms with E-state index in [1.807, 2.05) is 6.07 Å². The molecule has 0 amide bonds. The molecule has 0 aliphatic carbocycles. The number of pyridine rings is 1. The first-order valence-corrected chi connectivity index (χ1v) is 7.52. The van der Waals surface area contributed by atoms with Gasteiger partial charge >= 0.3 is 6.18 Å². The predicted octanol–water partition coefficient (Wildman–Crippen LogP) is 4.14. The number of benzene rings is 1. The molecule has 3 rings (SSSR count). The molecule has 0 unspecified atom stereocenters. The highest BCUT2D eigenvalue weighted by molar-refractivity contribution is 5.76. The fourth-order valence-electron chi connectivity index (χ4n) is 2.43. The maximum absolute atomic E-state index is 13.0. The molecule has 130 valence electrons.